The summed E-state index contributed by atoms with van der Waals surface area (Å²) in [5.41, 5.74) is 0. The summed E-state index contributed by atoms with van der Waals surface area (Å²) in [4.78, 5) is 29.6. The van der Waals surface area contributed by atoms with Gasteiger partial charge in [0.25, 0.3) is 11.9 Å². The number of H-pyrrole nitrogens is 1. The second-order valence-electron chi connectivity index (χ2n) is 5.29. The standard InChI is InChI=1S/C12H14F3N7O3/c1-5(3-7(23)24)4-16-9(25)8-17-6(2)22(21-8)11-18-10(19-20-11)12(13,14)15/h5H,3-4H2,1-2H3,(H,16,25)(H,23,24)(H,18,19,20). The van der Waals surface area contributed by atoms with Gasteiger partial charge in [-0.1, -0.05) is 6.92 Å². The van der Waals surface area contributed by atoms with Gasteiger partial charge < -0.3 is 10.4 Å². The molecule has 0 saturated carbocycles. The van der Waals surface area contributed by atoms with Gasteiger partial charge in [0.1, 0.15) is 5.82 Å². The van der Waals surface area contributed by atoms with Crippen LogP contribution < -0.4 is 5.32 Å². The summed E-state index contributed by atoms with van der Waals surface area (Å²) < 4.78 is 38.5. The van der Waals surface area contributed by atoms with Gasteiger partial charge in [0.05, 0.1) is 0 Å². The van der Waals surface area contributed by atoms with Gasteiger partial charge in [0.2, 0.25) is 11.6 Å². The summed E-state index contributed by atoms with van der Waals surface area (Å²) in [5, 5.41) is 20.0. The van der Waals surface area contributed by atoms with Crippen molar-refractivity contribution in [2.45, 2.75) is 26.4 Å². The van der Waals surface area contributed by atoms with Crippen molar-refractivity contribution in [2.75, 3.05) is 6.54 Å². The minimum atomic E-state index is -4.69. The number of carboxylic acids is 1. The first-order valence-electron chi connectivity index (χ1n) is 7.01. The van der Waals surface area contributed by atoms with Gasteiger partial charge in [-0.2, -0.15) is 22.8 Å². The maximum atomic E-state index is 12.5. The van der Waals surface area contributed by atoms with E-state index >= 15 is 0 Å². The van der Waals surface area contributed by atoms with E-state index in [2.05, 4.69) is 25.5 Å². The smallest absolute Gasteiger partial charge is 0.451 e. The lowest BCUT2D eigenvalue weighted by Crippen LogP contribution is -2.30. The fourth-order valence-corrected chi connectivity index (χ4v) is 1.87. The van der Waals surface area contributed by atoms with E-state index < -0.39 is 29.8 Å². The number of alkyl halides is 3. The summed E-state index contributed by atoms with van der Waals surface area (Å²) in [6.45, 7) is 3.13. The van der Waals surface area contributed by atoms with Crippen molar-refractivity contribution in [2.24, 2.45) is 5.92 Å². The minimum Gasteiger partial charge on any atom is -0.481 e. The molecule has 1 unspecified atom stereocenters. The lowest BCUT2D eigenvalue weighted by molar-refractivity contribution is -0.144. The number of halogens is 3. The molecule has 0 bridgehead atoms. The number of hydrogen-bond acceptors (Lipinski definition) is 6. The predicted molar refractivity (Wildman–Crippen MR) is 74.8 cm³/mol. The molecule has 0 aliphatic rings. The van der Waals surface area contributed by atoms with Crippen LogP contribution >= 0.6 is 0 Å². The molecule has 2 aromatic heterocycles. The highest BCUT2D eigenvalue weighted by Gasteiger charge is 2.35. The first-order valence-corrected chi connectivity index (χ1v) is 7.01. The molecule has 0 aliphatic carbocycles. The largest absolute Gasteiger partial charge is 0.481 e. The van der Waals surface area contributed by atoms with Crippen molar-refractivity contribution in [3.63, 3.8) is 0 Å². The number of nitrogens with one attached hydrogen (secondary N) is 2. The van der Waals surface area contributed by atoms with Crippen molar-refractivity contribution in [3.8, 4) is 5.95 Å². The van der Waals surface area contributed by atoms with Crippen LogP contribution in [0.4, 0.5) is 13.2 Å². The zero-order valence-electron chi connectivity index (χ0n) is 13.1. The molecule has 0 spiro atoms. The molecule has 2 aromatic rings. The van der Waals surface area contributed by atoms with E-state index in [9.17, 15) is 22.8 Å². The summed E-state index contributed by atoms with van der Waals surface area (Å²) in [6.07, 6.45) is -4.82. The van der Waals surface area contributed by atoms with Crippen molar-refractivity contribution >= 4 is 11.9 Å². The molecule has 0 saturated heterocycles. The fraction of sp³-hybridized carbons (Fsp3) is 0.500. The van der Waals surface area contributed by atoms with E-state index in [0.29, 0.717) is 0 Å². The summed E-state index contributed by atoms with van der Waals surface area (Å²) >= 11 is 0. The maximum Gasteiger partial charge on any atom is 0.451 e. The zero-order chi connectivity index (χ0) is 18.8. The Morgan fingerprint density at radius 1 is 1.36 bits per heavy atom. The molecule has 0 fully saturated rings. The highest BCUT2D eigenvalue weighted by molar-refractivity contribution is 5.90. The number of amides is 1. The van der Waals surface area contributed by atoms with Gasteiger partial charge in [-0.15, -0.1) is 10.2 Å². The van der Waals surface area contributed by atoms with Crippen LogP contribution in [0.25, 0.3) is 5.95 Å². The Kier molecular flexibility index (Phi) is 5.04. The number of nitrogens with zero attached hydrogens (tertiary/aromatic N) is 5. The van der Waals surface area contributed by atoms with Crippen LogP contribution in [0.15, 0.2) is 0 Å². The molecule has 10 nitrogen and oxygen atoms in total. The Bertz CT molecular complexity index is 783. The zero-order valence-corrected chi connectivity index (χ0v) is 13.1. The maximum absolute atomic E-state index is 12.5. The molecule has 1 atom stereocenters. The molecule has 0 aliphatic heterocycles. The molecule has 0 aromatic carbocycles. The molecular formula is C12H14F3N7O3. The number of aryl methyl sites for hydroxylation is 1. The van der Waals surface area contributed by atoms with Gasteiger partial charge in [-0.3, -0.25) is 14.7 Å². The molecular weight excluding hydrogens is 347 g/mol. The Morgan fingerprint density at radius 3 is 2.60 bits per heavy atom. The average molecular weight is 361 g/mol. The van der Waals surface area contributed by atoms with Gasteiger partial charge in [-0.25, -0.2) is 4.98 Å². The molecule has 3 N–H and O–H groups in total. The quantitative estimate of drug-likeness (QED) is 0.683. The number of rotatable bonds is 6. The van der Waals surface area contributed by atoms with Crippen LogP contribution in [0, 0.1) is 12.8 Å². The molecule has 2 heterocycles. The third-order valence-electron chi connectivity index (χ3n) is 3.04. The number of carbonyl (C=O) groups is 2. The van der Waals surface area contributed by atoms with Gasteiger partial charge in [0, 0.05) is 13.0 Å². The van der Waals surface area contributed by atoms with Crippen LogP contribution in [0.1, 0.15) is 35.6 Å². The SMILES string of the molecule is Cc1nc(C(=O)NCC(C)CC(=O)O)nn1-c1n[nH]c(C(F)(F)F)n1. The van der Waals surface area contributed by atoms with E-state index in [4.69, 9.17) is 5.11 Å². The molecule has 13 heteroatoms. The summed E-state index contributed by atoms with van der Waals surface area (Å²) in [5.74, 6) is -3.89. The van der Waals surface area contributed by atoms with Crippen LogP contribution in [0.5, 0.6) is 0 Å². The van der Waals surface area contributed by atoms with Crippen LogP contribution in [0.2, 0.25) is 0 Å². The number of aromatic nitrogens is 6. The predicted octanol–water partition coefficient (Wildman–Crippen LogP) is 0.553. The first-order chi connectivity index (χ1) is 11.6. The van der Waals surface area contributed by atoms with Gasteiger partial charge in [0.15, 0.2) is 0 Å². The van der Waals surface area contributed by atoms with Crippen molar-refractivity contribution in [1.82, 2.24) is 35.3 Å². The highest BCUT2D eigenvalue weighted by Crippen LogP contribution is 2.26. The van der Waals surface area contributed by atoms with Crippen molar-refractivity contribution < 1.29 is 27.9 Å². The molecule has 25 heavy (non-hydrogen) atoms. The molecule has 136 valence electrons. The molecule has 0 radical (unpaired) electrons. The van der Waals surface area contributed by atoms with Gasteiger partial charge in [-0.05, 0) is 12.8 Å². The van der Waals surface area contributed by atoms with Crippen LogP contribution in [0.3, 0.4) is 0 Å². The third kappa shape index (κ3) is 4.51. The van der Waals surface area contributed by atoms with Crippen molar-refractivity contribution in [1.29, 1.82) is 0 Å². The number of carboxylic acid groups (broad SMARTS) is 1. The van der Waals surface area contributed by atoms with Crippen molar-refractivity contribution in [3.05, 3.63) is 17.5 Å². The Labute approximate surface area is 138 Å². The Balaban J connectivity index is 2.10. The monoisotopic (exact) mass is 361 g/mol. The van der Waals surface area contributed by atoms with E-state index in [-0.39, 0.29) is 30.5 Å². The summed E-state index contributed by atoms with van der Waals surface area (Å²) in [7, 11) is 0. The first kappa shape index (κ1) is 18.4. The van der Waals surface area contributed by atoms with Crippen LogP contribution in [-0.4, -0.2) is 53.5 Å². The highest BCUT2D eigenvalue weighted by atomic mass is 19.4. The van der Waals surface area contributed by atoms with E-state index in [1.54, 1.807) is 12.0 Å². The average Bonchev–Trinajstić information content (AvgIpc) is 3.09. The number of hydrogen-bond donors (Lipinski definition) is 3. The molecule has 1 amide bonds. The fourth-order valence-electron chi connectivity index (χ4n) is 1.87. The summed E-state index contributed by atoms with van der Waals surface area (Å²) in [6, 6.07) is 0. The van der Waals surface area contributed by atoms with Gasteiger partial charge >= 0.3 is 12.1 Å². The minimum absolute atomic E-state index is 0.0809. The second kappa shape index (κ2) is 6.86. The van der Waals surface area contributed by atoms with E-state index in [1.165, 1.54) is 6.92 Å². The number of aromatic amines is 1. The normalized spacial score (nSPS) is 12.8. The lowest BCUT2D eigenvalue weighted by atomic mass is 10.1. The third-order valence-corrected chi connectivity index (χ3v) is 3.04. The number of aliphatic carboxylic acids is 1. The number of carbonyl (C=O) groups excluding carboxylic acids is 1. The molecule has 2 rings (SSSR count). The van der Waals surface area contributed by atoms with E-state index in [1.807, 2.05) is 0 Å². The van der Waals surface area contributed by atoms with Crippen LogP contribution in [-0.2, 0) is 11.0 Å². The topological polar surface area (TPSA) is 139 Å². The Hall–Kier alpha value is -2.99. The lowest BCUT2D eigenvalue weighted by Gasteiger charge is -2.08. The Morgan fingerprint density at radius 2 is 2.04 bits per heavy atom. The second-order valence-corrected chi connectivity index (χ2v) is 5.29. The van der Waals surface area contributed by atoms with E-state index in [0.717, 1.165) is 4.68 Å².